The maximum absolute atomic E-state index is 12.7. The largest absolute Gasteiger partial charge is 0.381 e. The van der Waals surface area contributed by atoms with Crippen molar-refractivity contribution in [3.63, 3.8) is 0 Å². The summed E-state index contributed by atoms with van der Waals surface area (Å²) in [5, 5.41) is 0. The van der Waals surface area contributed by atoms with Gasteiger partial charge >= 0.3 is 0 Å². The van der Waals surface area contributed by atoms with Gasteiger partial charge in [0.1, 0.15) is 0 Å². The summed E-state index contributed by atoms with van der Waals surface area (Å²) in [5.74, 6) is 1.49. The highest BCUT2D eigenvalue weighted by molar-refractivity contribution is 6.24. The first kappa shape index (κ1) is 16.4. The number of carbonyl (C=O) groups is 1. The third-order valence-corrected chi connectivity index (χ3v) is 5.60. The third-order valence-electron chi connectivity index (χ3n) is 5.60. The second kappa shape index (κ2) is 6.60. The molecule has 1 aliphatic heterocycles. The zero-order valence-electron chi connectivity index (χ0n) is 14.9. The van der Waals surface area contributed by atoms with Crippen LogP contribution in [-0.4, -0.2) is 19.0 Å². The first-order valence-electron chi connectivity index (χ1n) is 8.87. The van der Waals surface area contributed by atoms with Crippen molar-refractivity contribution in [2.75, 3.05) is 13.2 Å². The van der Waals surface area contributed by atoms with Crippen molar-refractivity contribution in [1.82, 2.24) is 0 Å². The quantitative estimate of drug-likeness (QED) is 0.802. The molecule has 1 unspecified atom stereocenters. The lowest BCUT2D eigenvalue weighted by Crippen LogP contribution is -2.18. The summed E-state index contributed by atoms with van der Waals surface area (Å²) in [6.45, 7) is 10.3. The molecule has 0 spiro atoms. The number of ether oxygens (including phenoxy) is 1. The number of allylic oxidation sites excluding steroid dienone is 2. The summed E-state index contributed by atoms with van der Waals surface area (Å²) in [7, 11) is 0. The molecule has 2 nitrogen and oxygen atoms in total. The van der Waals surface area contributed by atoms with Crippen LogP contribution in [0.25, 0.3) is 5.57 Å². The number of Topliss-reactive ketones (excluding diaryl/α,β-unsaturated/α-hetero) is 1. The van der Waals surface area contributed by atoms with Gasteiger partial charge in [-0.1, -0.05) is 23.3 Å². The lowest BCUT2D eigenvalue weighted by molar-refractivity contribution is -0.113. The number of ketones is 1. The minimum absolute atomic E-state index is 0.342. The van der Waals surface area contributed by atoms with E-state index in [0.717, 1.165) is 44.0 Å². The van der Waals surface area contributed by atoms with Crippen LogP contribution < -0.4 is 0 Å². The van der Waals surface area contributed by atoms with E-state index in [1.165, 1.54) is 27.8 Å². The lowest BCUT2D eigenvalue weighted by Gasteiger charge is -2.25. The van der Waals surface area contributed by atoms with Crippen molar-refractivity contribution in [2.45, 2.75) is 53.4 Å². The third kappa shape index (κ3) is 3.28. The highest BCUT2D eigenvalue weighted by atomic mass is 16.5. The number of hydrogen-bond acceptors (Lipinski definition) is 2. The fourth-order valence-electron chi connectivity index (χ4n) is 4.46. The molecule has 124 valence electrons. The average molecular weight is 312 g/mol. The van der Waals surface area contributed by atoms with Crippen molar-refractivity contribution in [2.24, 2.45) is 11.8 Å². The first-order chi connectivity index (χ1) is 11.0. The molecule has 1 fully saturated rings. The van der Waals surface area contributed by atoms with Crippen molar-refractivity contribution in [3.8, 4) is 0 Å². The molecule has 0 saturated carbocycles. The van der Waals surface area contributed by atoms with E-state index in [1.807, 2.05) is 0 Å². The molecular formula is C21H28O2. The Kier molecular flexibility index (Phi) is 4.72. The molecule has 23 heavy (non-hydrogen) atoms. The van der Waals surface area contributed by atoms with Gasteiger partial charge in [-0.3, -0.25) is 4.79 Å². The van der Waals surface area contributed by atoms with Crippen LogP contribution in [-0.2, 0) is 9.53 Å². The van der Waals surface area contributed by atoms with Crippen molar-refractivity contribution < 1.29 is 9.53 Å². The normalized spacial score (nSPS) is 23.0. The molecule has 2 heteroatoms. The van der Waals surface area contributed by atoms with Gasteiger partial charge < -0.3 is 4.74 Å². The Morgan fingerprint density at radius 2 is 1.65 bits per heavy atom. The molecule has 0 amide bonds. The van der Waals surface area contributed by atoms with Gasteiger partial charge in [0.25, 0.3) is 0 Å². The first-order valence-corrected chi connectivity index (χ1v) is 8.87. The zero-order valence-corrected chi connectivity index (χ0v) is 14.9. The molecule has 1 saturated heterocycles. The van der Waals surface area contributed by atoms with Crippen LogP contribution in [0.2, 0.25) is 0 Å². The molecule has 3 rings (SSSR count). The Morgan fingerprint density at radius 3 is 2.26 bits per heavy atom. The monoisotopic (exact) mass is 312 g/mol. The van der Waals surface area contributed by atoms with Crippen LogP contribution in [0.3, 0.4) is 0 Å². The Bertz CT molecular complexity index is 625. The summed E-state index contributed by atoms with van der Waals surface area (Å²) in [5.41, 5.74) is 7.25. The van der Waals surface area contributed by atoms with E-state index in [9.17, 15) is 4.79 Å². The number of aryl methyl sites for hydroxylation is 3. The SMILES string of the molecule is CC1=C(c2c(C)cc(C)cc2C)C(=O)CC1CC1CCOCC1. The predicted molar refractivity (Wildman–Crippen MR) is 94.5 cm³/mol. The van der Waals surface area contributed by atoms with E-state index < -0.39 is 0 Å². The van der Waals surface area contributed by atoms with E-state index in [2.05, 4.69) is 39.8 Å². The summed E-state index contributed by atoms with van der Waals surface area (Å²) in [6, 6.07) is 4.39. The molecule has 1 heterocycles. The number of carbonyl (C=O) groups excluding carboxylic acids is 1. The summed E-state index contributed by atoms with van der Waals surface area (Å²) in [4.78, 5) is 12.7. The Labute approximate surface area is 139 Å². The van der Waals surface area contributed by atoms with Gasteiger partial charge in [0.2, 0.25) is 0 Å². The van der Waals surface area contributed by atoms with Gasteiger partial charge in [0, 0.05) is 25.2 Å². The van der Waals surface area contributed by atoms with E-state index >= 15 is 0 Å². The Hall–Kier alpha value is -1.41. The van der Waals surface area contributed by atoms with Gasteiger partial charge in [0.05, 0.1) is 0 Å². The summed E-state index contributed by atoms with van der Waals surface area (Å²) in [6.07, 6.45) is 4.14. The number of rotatable bonds is 3. The molecule has 0 radical (unpaired) electrons. The van der Waals surface area contributed by atoms with Crippen LogP contribution in [0.1, 0.15) is 54.9 Å². The van der Waals surface area contributed by atoms with E-state index in [1.54, 1.807) is 0 Å². The number of benzene rings is 1. The second-order valence-corrected chi connectivity index (χ2v) is 7.45. The fourth-order valence-corrected chi connectivity index (χ4v) is 4.46. The standard InChI is InChI=1S/C21H28O2/c1-13-9-14(2)20(15(3)10-13)21-16(4)18(12-19(21)22)11-17-5-7-23-8-6-17/h9-10,17-18H,5-8,11-12H2,1-4H3. The molecule has 0 bridgehead atoms. The van der Waals surface area contributed by atoms with Crippen LogP contribution in [0, 0.1) is 32.6 Å². The number of hydrogen-bond donors (Lipinski definition) is 0. The van der Waals surface area contributed by atoms with Gasteiger partial charge in [-0.15, -0.1) is 0 Å². The highest BCUT2D eigenvalue weighted by Crippen LogP contribution is 2.41. The van der Waals surface area contributed by atoms with Gasteiger partial charge in [0.15, 0.2) is 5.78 Å². The predicted octanol–water partition coefficient (Wildman–Crippen LogP) is 4.79. The summed E-state index contributed by atoms with van der Waals surface area (Å²) >= 11 is 0. The molecule has 2 aliphatic rings. The van der Waals surface area contributed by atoms with Gasteiger partial charge in [-0.05, 0) is 75.5 Å². The minimum Gasteiger partial charge on any atom is -0.381 e. The van der Waals surface area contributed by atoms with Crippen LogP contribution in [0.15, 0.2) is 17.7 Å². The van der Waals surface area contributed by atoms with E-state index in [4.69, 9.17) is 4.74 Å². The minimum atomic E-state index is 0.342. The van der Waals surface area contributed by atoms with Crippen molar-refractivity contribution in [1.29, 1.82) is 0 Å². The van der Waals surface area contributed by atoms with Crippen LogP contribution >= 0.6 is 0 Å². The van der Waals surface area contributed by atoms with Gasteiger partial charge in [-0.25, -0.2) is 0 Å². The van der Waals surface area contributed by atoms with E-state index in [0.29, 0.717) is 18.1 Å². The Balaban J connectivity index is 1.90. The van der Waals surface area contributed by atoms with Crippen LogP contribution in [0.5, 0.6) is 0 Å². The van der Waals surface area contributed by atoms with Crippen molar-refractivity contribution >= 4 is 11.4 Å². The molecular weight excluding hydrogens is 284 g/mol. The average Bonchev–Trinajstić information content (AvgIpc) is 2.75. The molecule has 1 atom stereocenters. The Morgan fingerprint density at radius 1 is 1.04 bits per heavy atom. The topological polar surface area (TPSA) is 26.3 Å². The molecule has 0 aromatic heterocycles. The molecule has 1 aromatic carbocycles. The maximum atomic E-state index is 12.7. The summed E-state index contributed by atoms with van der Waals surface area (Å²) < 4.78 is 5.47. The fraction of sp³-hybridized carbons (Fsp3) is 0.571. The van der Waals surface area contributed by atoms with Crippen molar-refractivity contribution in [3.05, 3.63) is 40.0 Å². The highest BCUT2D eigenvalue weighted by Gasteiger charge is 2.33. The molecule has 0 N–H and O–H groups in total. The van der Waals surface area contributed by atoms with E-state index in [-0.39, 0.29) is 0 Å². The smallest absolute Gasteiger partial charge is 0.164 e. The molecule has 1 aromatic rings. The lowest BCUT2D eigenvalue weighted by atomic mass is 9.85. The van der Waals surface area contributed by atoms with Crippen LogP contribution in [0.4, 0.5) is 0 Å². The second-order valence-electron chi connectivity index (χ2n) is 7.45. The maximum Gasteiger partial charge on any atom is 0.164 e. The van der Waals surface area contributed by atoms with Gasteiger partial charge in [-0.2, -0.15) is 0 Å². The molecule has 1 aliphatic carbocycles. The zero-order chi connectivity index (χ0) is 16.6.